The van der Waals surface area contributed by atoms with Crippen molar-refractivity contribution in [3.8, 4) is 0 Å². The van der Waals surface area contributed by atoms with Crippen molar-refractivity contribution in [2.75, 3.05) is 16.8 Å². The Morgan fingerprint density at radius 1 is 1.42 bits per heavy atom. The second-order valence-corrected chi connectivity index (χ2v) is 7.11. The lowest BCUT2D eigenvalue weighted by Crippen LogP contribution is -2.23. The van der Waals surface area contributed by atoms with Crippen molar-refractivity contribution in [2.24, 2.45) is 0 Å². The lowest BCUT2D eigenvalue weighted by atomic mass is 10.0. The number of carbonyl (C=O) groups is 2. The molecule has 0 aliphatic carbocycles. The van der Waals surface area contributed by atoms with E-state index >= 15 is 0 Å². The number of aromatic nitrogens is 1. The number of carbonyl (C=O) groups excluding carboxylic acids is 2. The molecule has 0 radical (unpaired) electrons. The Kier molecular flexibility index (Phi) is 4.94. The zero-order valence-corrected chi connectivity index (χ0v) is 14.7. The number of anilines is 2. The van der Waals surface area contributed by atoms with Crippen molar-refractivity contribution >= 4 is 34.0 Å². The van der Waals surface area contributed by atoms with Gasteiger partial charge in [0.05, 0.1) is 12.1 Å². The number of hydrogen-bond acceptors (Lipinski definition) is 4. The molecule has 1 aliphatic heterocycles. The SMILES string of the molecule is CC(C)c1cccc(NC(=O)Cc2csc(N3CCCC3=O)n2)c1. The summed E-state index contributed by atoms with van der Waals surface area (Å²) in [6, 6.07) is 7.89. The standard InChI is InChI=1S/C18H21N3O2S/c1-12(2)13-5-3-6-14(9-13)19-16(22)10-15-11-24-18(20-15)21-8-4-7-17(21)23/h3,5-6,9,11-12H,4,7-8,10H2,1-2H3,(H,19,22). The molecule has 2 heterocycles. The first-order valence-corrected chi connectivity index (χ1v) is 9.05. The fourth-order valence-electron chi connectivity index (χ4n) is 2.70. The molecule has 2 amide bonds. The number of benzene rings is 1. The summed E-state index contributed by atoms with van der Waals surface area (Å²) in [5.74, 6) is 0.437. The second-order valence-electron chi connectivity index (χ2n) is 6.28. The van der Waals surface area contributed by atoms with E-state index in [0.717, 1.165) is 18.7 Å². The van der Waals surface area contributed by atoms with Crippen molar-refractivity contribution in [3.05, 3.63) is 40.9 Å². The van der Waals surface area contributed by atoms with Crippen LogP contribution in [0.2, 0.25) is 0 Å². The molecule has 1 N–H and O–H groups in total. The first-order chi connectivity index (χ1) is 11.5. The molecule has 5 nitrogen and oxygen atoms in total. The third-order valence-electron chi connectivity index (χ3n) is 4.02. The first kappa shape index (κ1) is 16.6. The Morgan fingerprint density at radius 2 is 2.25 bits per heavy atom. The van der Waals surface area contributed by atoms with Gasteiger partial charge in [-0.3, -0.25) is 14.5 Å². The van der Waals surface area contributed by atoms with Crippen LogP contribution in [0, 0.1) is 0 Å². The first-order valence-electron chi connectivity index (χ1n) is 8.17. The summed E-state index contributed by atoms with van der Waals surface area (Å²) in [5.41, 5.74) is 2.69. The van der Waals surface area contributed by atoms with Crippen LogP contribution >= 0.6 is 11.3 Å². The highest BCUT2D eigenvalue weighted by atomic mass is 32.1. The van der Waals surface area contributed by atoms with Gasteiger partial charge in [-0.05, 0) is 30.0 Å². The minimum absolute atomic E-state index is 0.0968. The zero-order valence-electron chi connectivity index (χ0n) is 13.9. The highest BCUT2D eigenvalue weighted by Gasteiger charge is 2.24. The van der Waals surface area contributed by atoms with Crippen LogP contribution < -0.4 is 10.2 Å². The fourth-order valence-corrected chi connectivity index (χ4v) is 3.56. The molecule has 1 fully saturated rings. The predicted molar refractivity (Wildman–Crippen MR) is 96.6 cm³/mol. The smallest absolute Gasteiger partial charge is 0.230 e. The van der Waals surface area contributed by atoms with Crippen LogP contribution in [0.1, 0.15) is 43.9 Å². The molecule has 126 valence electrons. The molecule has 0 saturated carbocycles. The molecule has 1 aromatic carbocycles. The number of nitrogens with one attached hydrogen (secondary N) is 1. The van der Waals surface area contributed by atoms with Gasteiger partial charge in [-0.15, -0.1) is 11.3 Å². The Morgan fingerprint density at radius 3 is 2.96 bits per heavy atom. The summed E-state index contributed by atoms with van der Waals surface area (Å²) < 4.78 is 0. The lowest BCUT2D eigenvalue weighted by molar-refractivity contribution is -0.117. The molecular weight excluding hydrogens is 322 g/mol. The molecule has 0 spiro atoms. The summed E-state index contributed by atoms with van der Waals surface area (Å²) >= 11 is 1.42. The van der Waals surface area contributed by atoms with E-state index < -0.39 is 0 Å². The van der Waals surface area contributed by atoms with Crippen LogP contribution in [0.25, 0.3) is 0 Å². The van der Waals surface area contributed by atoms with Crippen LogP contribution in [0.5, 0.6) is 0 Å². The number of nitrogens with zero attached hydrogens (tertiary/aromatic N) is 2. The fraction of sp³-hybridized carbons (Fsp3) is 0.389. The number of rotatable bonds is 5. The molecule has 1 aromatic heterocycles. The molecule has 0 unspecified atom stereocenters. The van der Waals surface area contributed by atoms with Crippen molar-refractivity contribution in [3.63, 3.8) is 0 Å². The Bertz CT molecular complexity index is 754. The molecule has 3 rings (SSSR count). The van der Waals surface area contributed by atoms with Gasteiger partial charge in [0, 0.05) is 24.0 Å². The quantitative estimate of drug-likeness (QED) is 0.903. The average Bonchev–Trinajstić information content (AvgIpc) is 3.16. The predicted octanol–water partition coefficient (Wildman–Crippen LogP) is 3.57. The topological polar surface area (TPSA) is 62.3 Å². The largest absolute Gasteiger partial charge is 0.326 e. The summed E-state index contributed by atoms with van der Waals surface area (Å²) in [6.45, 7) is 4.97. The van der Waals surface area contributed by atoms with Gasteiger partial charge >= 0.3 is 0 Å². The van der Waals surface area contributed by atoms with Crippen LogP contribution in [-0.4, -0.2) is 23.3 Å². The van der Waals surface area contributed by atoms with Crippen LogP contribution in [0.4, 0.5) is 10.8 Å². The van der Waals surface area contributed by atoms with Gasteiger partial charge in [-0.2, -0.15) is 0 Å². The monoisotopic (exact) mass is 343 g/mol. The van der Waals surface area contributed by atoms with E-state index in [9.17, 15) is 9.59 Å². The molecular formula is C18H21N3O2S. The Labute approximate surface area is 145 Å². The highest BCUT2D eigenvalue weighted by Crippen LogP contribution is 2.25. The van der Waals surface area contributed by atoms with E-state index in [1.54, 1.807) is 4.90 Å². The Hall–Kier alpha value is -2.21. The van der Waals surface area contributed by atoms with Gasteiger partial charge in [-0.1, -0.05) is 26.0 Å². The van der Waals surface area contributed by atoms with Gasteiger partial charge < -0.3 is 5.32 Å². The molecule has 2 aromatic rings. The van der Waals surface area contributed by atoms with Crippen LogP contribution in [0.15, 0.2) is 29.6 Å². The third-order valence-corrected chi connectivity index (χ3v) is 4.94. The van der Waals surface area contributed by atoms with Gasteiger partial charge in [-0.25, -0.2) is 4.98 Å². The Balaban J connectivity index is 1.62. The average molecular weight is 343 g/mol. The van der Waals surface area contributed by atoms with Crippen molar-refractivity contribution in [1.82, 2.24) is 4.98 Å². The van der Waals surface area contributed by atoms with Crippen molar-refractivity contribution in [1.29, 1.82) is 0 Å². The zero-order chi connectivity index (χ0) is 17.1. The van der Waals surface area contributed by atoms with E-state index in [0.29, 0.717) is 23.2 Å². The summed E-state index contributed by atoms with van der Waals surface area (Å²) in [4.78, 5) is 30.1. The summed E-state index contributed by atoms with van der Waals surface area (Å²) in [5, 5.41) is 5.47. The normalized spacial score (nSPS) is 14.5. The minimum atomic E-state index is -0.0968. The van der Waals surface area contributed by atoms with E-state index in [1.165, 1.54) is 16.9 Å². The molecule has 1 aliphatic rings. The molecule has 0 bridgehead atoms. The number of hydrogen-bond donors (Lipinski definition) is 1. The van der Waals surface area contributed by atoms with Gasteiger partial charge in [0.2, 0.25) is 11.8 Å². The van der Waals surface area contributed by atoms with Crippen LogP contribution in [-0.2, 0) is 16.0 Å². The van der Waals surface area contributed by atoms with Crippen molar-refractivity contribution < 1.29 is 9.59 Å². The lowest BCUT2D eigenvalue weighted by Gasteiger charge is -2.10. The number of amides is 2. The second kappa shape index (κ2) is 7.13. The van der Waals surface area contributed by atoms with Crippen LogP contribution in [0.3, 0.4) is 0 Å². The maximum absolute atomic E-state index is 12.2. The van der Waals surface area contributed by atoms with E-state index in [2.05, 4.69) is 30.2 Å². The van der Waals surface area contributed by atoms with Gasteiger partial charge in [0.15, 0.2) is 5.13 Å². The third kappa shape index (κ3) is 3.82. The molecule has 1 saturated heterocycles. The maximum atomic E-state index is 12.2. The minimum Gasteiger partial charge on any atom is -0.326 e. The molecule has 0 atom stereocenters. The van der Waals surface area contributed by atoms with E-state index in [1.807, 2.05) is 23.6 Å². The van der Waals surface area contributed by atoms with E-state index in [-0.39, 0.29) is 18.2 Å². The highest BCUT2D eigenvalue weighted by molar-refractivity contribution is 7.14. The molecule has 6 heteroatoms. The summed E-state index contributed by atoms with van der Waals surface area (Å²) in [7, 11) is 0. The van der Waals surface area contributed by atoms with Crippen molar-refractivity contribution in [2.45, 2.75) is 39.0 Å². The maximum Gasteiger partial charge on any atom is 0.230 e. The van der Waals surface area contributed by atoms with Gasteiger partial charge in [0.1, 0.15) is 0 Å². The molecule has 24 heavy (non-hydrogen) atoms. The van der Waals surface area contributed by atoms with Gasteiger partial charge in [0.25, 0.3) is 0 Å². The summed E-state index contributed by atoms with van der Waals surface area (Å²) in [6.07, 6.45) is 1.67. The van der Waals surface area contributed by atoms with E-state index in [4.69, 9.17) is 0 Å². The number of thiazole rings is 1.